The molecule has 0 spiro atoms. The fraction of sp³-hybridized carbons (Fsp3) is 0.333. The zero-order valence-corrected chi connectivity index (χ0v) is 16.7. The second-order valence-electron chi connectivity index (χ2n) is 6.71. The van der Waals surface area contributed by atoms with Crippen molar-refractivity contribution in [2.75, 3.05) is 19.0 Å². The van der Waals surface area contributed by atoms with Crippen molar-refractivity contribution in [3.05, 3.63) is 60.2 Å². The number of carbonyl (C=O) groups is 3. The third-order valence-corrected chi connectivity index (χ3v) is 4.63. The van der Waals surface area contributed by atoms with Crippen molar-refractivity contribution in [3.63, 3.8) is 0 Å². The molecule has 3 N–H and O–H groups in total. The summed E-state index contributed by atoms with van der Waals surface area (Å²) in [5.41, 5.74) is 6.32. The summed E-state index contributed by atoms with van der Waals surface area (Å²) in [6.45, 7) is 6.36. The molecular formula is C21H26N4O4. The molecule has 0 saturated carbocycles. The molecule has 1 saturated heterocycles. The van der Waals surface area contributed by atoms with Crippen LogP contribution >= 0.6 is 0 Å². The molecular weight excluding hydrogens is 372 g/mol. The summed E-state index contributed by atoms with van der Waals surface area (Å²) < 4.78 is 5.08. The number of methoxy groups -OCH3 is 1. The number of nitrogens with two attached hydrogens (primary N) is 1. The Kier molecular flexibility index (Phi) is 7.70. The van der Waals surface area contributed by atoms with E-state index in [1.54, 1.807) is 19.3 Å². The van der Waals surface area contributed by atoms with E-state index in [1.165, 1.54) is 23.4 Å². The van der Waals surface area contributed by atoms with Crippen molar-refractivity contribution >= 4 is 23.4 Å². The quantitative estimate of drug-likeness (QED) is 0.433. The number of hydrogen-bond donors (Lipinski definition) is 2. The van der Waals surface area contributed by atoms with Gasteiger partial charge in [-0.3, -0.25) is 19.4 Å². The molecule has 154 valence electrons. The van der Waals surface area contributed by atoms with Gasteiger partial charge in [0.05, 0.1) is 36.4 Å². The number of nitrogens with zero attached hydrogens (tertiary/aromatic N) is 2. The first-order valence-corrected chi connectivity index (χ1v) is 9.28. The zero-order chi connectivity index (χ0) is 21.4. The van der Waals surface area contributed by atoms with Crippen LogP contribution in [0.5, 0.6) is 0 Å². The van der Waals surface area contributed by atoms with Crippen molar-refractivity contribution in [3.8, 4) is 0 Å². The fourth-order valence-electron chi connectivity index (χ4n) is 3.00. The predicted octanol–water partition coefficient (Wildman–Crippen LogP) is 2.16. The zero-order valence-electron chi connectivity index (χ0n) is 16.7. The Morgan fingerprint density at radius 1 is 1.34 bits per heavy atom. The number of hydrogen-bond acceptors (Lipinski definition) is 5. The van der Waals surface area contributed by atoms with Gasteiger partial charge < -0.3 is 20.7 Å². The second-order valence-corrected chi connectivity index (χ2v) is 6.71. The van der Waals surface area contributed by atoms with Crippen molar-refractivity contribution in [2.24, 2.45) is 5.73 Å². The maximum atomic E-state index is 12.8. The molecule has 8 heteroatoms. The number of nitrogens with one attached hydrogen (secondary N) is 1. The summed E-state index contributed by atoms with van der Waals surface area (Å²) in [6.07, 6.45) is 10.5. The number of rotatable bonds is 6. The minimum Gasteiger partial charge on any atom is -0.501 e. The molecule has 1 aliphatic rings. The lowest BCUT2D eigenvalue weighted by molar-refractivity contribution is -0.145. The summed E-state index contributed by atoms with van der Waals surface area (Å²) in [7, 11) is 1.59. The smallest absolute Gasteiger partial charge is 0.313 e. The summed E-state index contributed by atoms with van der Waals surface area (Å²) in [5.74, 6) is -1.38. The van der Waals surface area contributed by atoms with Gasteiger partial charge in [0, 0.05) is 12.7 Å². The summed E-state index contributed by atoms with van der Waals surface area (Å²) >= 11 is 0. The number of likely N-dealkylation sites (tertiary alicyclic amines) is 1. The lowest BCUT2D eigenvalue weighted by atomic mass is 9.95. The number of carbonyl (C=O) groups excluding carboxylic acids is 3. The molecule has 2 heterocycles. The van der Waals surface area contributed by atoms with Crippen molar-refractivity contribution in [1.29, 1.82) is 0 Å². The average Bonchev–Trinajstić information content (AvgIpc) is 2.73. The fourth-order valence-corrected chi connectivity index (χ4v) is 3.00. The van der Waals surface area contributed by atoms with Crippen LogP contribution in [0.15, 0.2) is 54.6 Å². The molecule has 1 atom stereocenters. The molecule has 8 nitrogen and oxygen atoms in total. The molecule has 2 rings (SSSR count). The molecule has 0 bridgehead atoms. The van der Waals surface area contributed by atoms with Gasteiger partial charge in [-0.15, -0.1) is 0 Å². The van der Waals surface area contributed by atoms with E-state index in [4.69, 9.17) is 10.5 Å². The highest BCUT2D eigenvalue weighted by Crippen LogP contribution is 2.23. The first kappa shape index (κ1) is 21.9. The van der Waals surface area contributed by atoms with E-state index in [9.17, 15) is 14.4 Å². The standard InChI is InChI=1S/C21H26N4O4/c1-14(7-6-8-15(2)29-3)18-9-4-5-10-25(18)21(28)20(27)24-17-11-16(19(22)26)12-23-13-17/h6-8,11-13,18H,1,4-5,9-10H2,2-3H3,(H2,22,26)(H,24,27)/b7-6-,15-8+/t18-/m0/s1. The lowest BCUT2D eigenvalue weighted by Gasteiger charge is -2.35. The number of piperidine rings is 1. The number of primary amides is 1. The topological polar surface area (TPSA) is 115 Å². The monoisotopic (exact) mass is 398 g/mol. The minimum atomic E-state index is -0.799. The number of pyridine rings is 1. The van der Waals surface area contributed by atoms with Crippen molar-refractivity contribution < 1.29 is 19.1 Å². The Bertz CT molecular complexity index is 860. The third kappa shape index (κ3) is 6.03. The lowest BCUT2D eigenvalue weighted by Crippen LogP contribution is -2.48. The van der Waals surface area contributed by atoms with Gasteiger partial charge in [0.2, 0.25) is 5.91 Å². The minimum absolute atomic E-state index is 0.143. The molecule has 1 aromatic heterocycles. The third-order valence-electron chi connectivity index (χ3n) is 4.63. The second kappa shape index (κ2) is 10.2. The van der Waals surface area contributed by atoms with Crippen LogP contribution in [-0.2, 0) is 14.3 Å². The highest BCUT2D eigenvalue weighted by Gasteiger charge is 2.31. The van der Waals surface area contributed by atoms with Gasteiger partial charge in [-0.25, -0.2) is 0 Å². The Labute approximate surface area is 170 Å². The van der Waals surface area contributed by atoms with Gasteiger partial charge in [0.1, 0.15) is 0 Å². The van der Waals surface area contributed by atoms with E-state index < -0.39 is 17.7 Å². The van der Waals surface area contributed by atoms with Crippen LogP contribution < -0.4 is 11.1 Å². The summed E-state index contributed by atoms with van der Waals surface area (Å²) in [6, 6.07) is 1.12. The first-order valence-electron chi connectivity index (χ1n) is 9.28. The molecule has 3 amide bonds. The van der Waals surface area contributed by atoms with Crippen LogP contribution in [0.1, 0.15) is 36.5 Å². The van der Waals surface area contributed by atoms with Crippen LogP contribution in [-0.4, -0.2) is 47.3 Å². The molecule has 0 unspecified atom stereocenters. The Morgan fingerprint density at radius 3 is 2.79 bits per heavy atom. The average molecular weight is 398 g/mol. The van der Waals surface area contributed by atoms with Gasteiger partial charge in [-0.05, 0) is 43.9 Å². The largest absolute Gasteiger partial charge is 0.501 e. The van der Waals surface area contributed by atoms with Crippen LogP contribution in [0.2, 0.25) is 0 Å². The maximum Gasteiger partial charge on any atom is 0.313 e. The molecule has 0 aromatic carbocycles. The van der Waals surface area contributed by atoms with E-state index in [0.717, 1.165) is 30.6 Å². The Hall–Kier alpha value is -3.42. The molecule has 1 aliphatic heterocycles. The van der Waals surface area contributed by atoms with E-state index >= 15 is 0 Å². The van der Waals surface area contributed by atoms with Gasteiger partial charge >= 0.3 is 11.8 Å². The van der Waals surface area contributed by atoms with E-state index in [-0.39, 0.29) is 17.3 Å². The molecule has 1 aromatic rings. The molecule has 1 fully saturated rings. The van der Waals surface area contributed by atoms with Gasteiger partial charge in [0.25, 0.3) is 0 Å². The molecule has 0 radical (unpaired) electrons. The number of anilines is 1. The highest BCUT2D eigenvalue weighted by atomic mass is 16.5. The molecule has 0 aliphatic carbocycles. The highest BCUT2D eigenvalue weighted by molar-refractivity contribution is 6.39. The molecule has 29 heavy (non-hydrogen) atoms. The number of aromatic nitrogens is 1. The van der Waals surface area contributed by atoms with Crippen LogP contribution in [0.3, 0.4) is 0 Å². The Balaban J connectivity index is 2.10. The number of allylic oxidation sites excluding steroid dienone is 3. The van der Waals surface area contributed by atoms with Gasteiger partial charge in [-0.1, -0.05) is 18.7 Å². The number of ether oxygens (including phenoxy) is 1. The predicted molar refractivity (Wildman–Crippen MR) is 110 cm³/mol. The number of amides is 3. The Morgan fingerprint density at radius 2 is 2.10 bits per heavy atom. The normalized spacial score (nSPS) is 17.1. The van der Waals surface area contributed by atoms with Crippen molar-refractivity contribution in [2.45, 2.75) is 32.2 Å². The maximum absolute atomic E-state index is 12.8. The summed E-state index contributed by atoms with van der Waals surface area (Å²) in [4.78, 5) is 41.9. The van der Waals surface area contributed by atoms with Crippen LogP contribution in [0.25, 0.3) is 0 Å². The van der Waals surface area contributed by atoms with Crippen LogP contribution in [0.4, 0.5) is 5.69 Å². The summed E-state index contributed by atoms with van der Waals surface area (Å²) in [5, 5.41) is 2.49. The van der Waals surface area contributed by atoms with E-state index in [2.05, 4.69) is 16.9 Å². The first-order chi connectivity index (χ1) is 13.8. The van der Waals surface area contributed by atoms with Crippen molar-refractivity contribution in [1.82, 2.24) is 9.88 Å². The SMILES string of the molecule is C=C(/C=C\C=C(/C)OC)[C@@H]1CCCCN1C(=O)C(=O)Nc1cncc(C(N)=O)c1. The van der Waals surface area contributed by atoms with E-state index in [0.29, 0.717) is 6.54 Å². The van der Waals surface area contributed by atoms with Crippen LogP contribution in [0, 0.1) is 0 Å². The van der Waals surface area contributed by atoms with E-state index in [1.807, 2.05) is 13.0 Å². The van der Waals surface area contributed by atoms with Gasteiger partial charge in [0.15, 0.2) is 0 Å². The van der Waals surface area contributed by atoms with Gasteiger partial charge in [-0.2, -0.15) is 0 Å².